The van der Waals surface area contributed by atoms with Crippen LogP contribution in [0.2, 0.25) is 0 Å². The monoisotopic (exact) mass is 259 g/mol. The fourth-order valence-corrected chi connectivity index (χ4v) is 2.47. The molecule has 0 radical (unpaired) electrons. The van der Waals surface area contributed by atoms with Crippen molar-refractivity contribution in [2.45, 2.75) is 6.42 Å². The number of fused-ring (bicyclic) bond motifs is 1. The van der Waals surface area contributed by atoms with E-state index in [0.29, 0.717) is 19.5 Å². The Morgan fingerprint density at radius 3 is 2.89 bits per heavy atom. The van der Waals surface area contributed by atoms with E-state index in [1.54, 1.807) is 4.90 Å². The Balaban J connectivity index is 1.55. The van der Waals surface area contributed by atoms with Crippen LogP contribution >= 0.6 is 0 Å². The van der Waals surface area contributed by atoms with Gasteiger partial charge >= 0.3 is 0 Å². The van der Waals surface area contributed by atoms with Crippen molar-refractivity contribution in [1.82, 2.24) is 10.6 Å². The van der Waals surface area contributed by atoms with Gasteiger partial charge in [-0.1, -0.05) is 18.2 Å². The van der Waals surface area contributed by atoms with E-state index in [0.717, 1.165) is 24.3 Å². The average Bonchev–Trinajstić information content (AvgIpc) is 2.64. The molecule has 0 bridgehead atoms. The maximum absolute atomic E-state index is 11.9. The van der Waals surface area contributed by atoms with Crippen molar-refractivity contribution in [3.05, 3.63) is 29.8 Å². The number of nitrogens with zero attached hydrogens (tertiary/aromatic N) is 1. The second-order valence-electron chi connectivity index (χ2n) is 5.00. The summed E-state index contributed by atoms with van der Waals surface area (Å²) in [6.07, 6.45) is 0.469. The molecule has 5 nitrogen and oxygen atoms in total. The van der Waals surface area contributed by atoms with Gasteiger partial charge in [0.25, 0.3) is 0 Å². The fraction of sp³-hybridized carbons (Fsp3) is 0.429. The molecular formula is C14H17N3O2. The second-order valence-corrected chi connectivity index (χ2v) is 5.00. The zero-order chi connectivity index (χ0) is 13.2. The summed E-state index contributed by atoms with van der Waals surface area (Å²) < 4.78 is 0. The maximum Gasteiger partial charge on any atom is 0.231 e. The molecule has 1 aromatic carbocycles. The maximum atomic E-state index is 11.9. The first-order valence-corrected chi connectivity index (χ1v) is 6.62. The number of nitrogens with one attached hydrogen (secondary N) is 2. The summed E-state index contributed by atoms with van der Waals surface area (Å²) in [5.41, 5.74) is 2.05. The standard InChI is InChI=1S/C14H17N3O2/c18-13-7-10-3-1-2-4-12(10)17(13)6-5-16-14(19)11-8-15-9-11/h1-4,11,15H,5-9H2,(H,16,19). The summed E-state index contributed by atoms with van der Waals surface area (Å²) in [6, 6.07) is 7.81. The van der Waals surface area contributed by atoms with Crippen LogP contribution in [0.25, 0.3) is 0 Å². The number of para-hydroxylation sites is 1. The molecule has 2 aliphatic heterocycles. The molecule has 2 heterocycles. The fourth-order valence-electron chi connectivity index (χ4n) is 2.47. The molecule has 3 rings (SSSR count). The van der Waals surface area contributed by atoms with Crippen LogP contribution in [-0.4, -0.2) is 38.0 Å². The summed E-state index contributed by atoms with van der Waals surface area (Å²) in [6.45, 7) is 2.58. The van der Waals surface area contributed by atoms with Gasteiger partial charge in [0.2, 0.25) is 11.8 Å². The smallest absolute Gasteiger partial charge is 0.231 e. The molecule has 5 heteroatoms. The highest BCUT2D eigenvalue weighted by Crippen LogP contribution is 2.27. The highest BCUT2D eigenvalue weighted by molar-refractivity contribution is 6.01. The third-order valence-corrected chi connectivity index (χ3v) is 3.71. The molecule has 0 aromatic heterocycles. The minimum Gasteiger partial charge on any atom is -0.354 e. The van der Waals surface area contributed by atoms with Gasteiger partial charge in [0.1, 0.15) is 0 Å². The summed E-state index contributed by atoms with van der Waals surface area (Å²) in [7, 11) is 0. The van der Waals surface area contributed by atoms with Crippen LogP contribution in [0.3, 0.4) is 0 Å². The van der Waals surface area contributed by atoms with Crippen LogP contribution in [0.4, 0.5) is 5.69 Å². The van der Waals surface area contributed by atoms with Gasteiger partial charge in [0.05, 0.1) is 12.3 Å². The number of amides is 2. The van der Waals surface area contributed by atoms with Crippen molar-refractivity contribution in [1.29, 1.82) is 0 Å². The Labute approximate surface area is 112 Å². The average molecular weight is 259 g/mol. The SMILES string of the molecule is O=C(NCCN1C(=O)Cc2ccccc21)C1CNC1. The predicted octanol–water partition coefficient (Wildman–Crippen LogP) is -0.0887. The van der Waals surface area contributed by atoms with E-state index in [2.05, 4.69) is 10.6 Å². The van der Waals surface area contributed by atoms with Crippen LogP contribution < -0.4 is 15.5 Å². The van der Waals surface area contributed by atoms with E-state index >= 15 is 0 Å². The number of hydrogen-bond donors (Lipinski definition) is 2. The molecule has 0 atom stereocenters. The Hall–Kier alpha value is -1.88. The second kappa shape index (κ2) is 5.01. The summed E-state index contributed by atoms with van der Waals surface area (Å²) >= 11 is 0. The Morgan fingerprint density at radius 2 is 2.16 bits per heavy atom. The van der Waals surface area contributed by atoms with Crippen molar-refractivity contribution in [2.24, 2.45) is 5.92 Å². The predicted molar refractivity (Wildman–Crippen MR) is 71.9 cm³/mol. The van der Waals surface area contributed by atoms with Crippen molar-refractivity contribution >= 4 is 17.5 Å². The van der Waals surface area contributed by atoms with Crippen molar-refractivity contribution in [2.75, 3.05) is 31.1 Å². The third-order valence-electron chi connectivity index (χ3n) is 3.71. The van der Waals surface area contributed by atoms with Crippen LogP contribution in [0.5, 0.6) is 0 Å². The number of anilines is 1. The number of hydrogen-bond acceptors (Lipinski definition) is 3. The minimum absolute atomic E-state index is 0.0821. The highest BCUT2D eigenvalue weighted by atomic mass is 16.2. The van der Waals surface area contributed by atoms with Crippen molar-refractivity contribution in [3.63, 3.8) is 0 Å². The van der Waals surface area contributed by atoms with Crippen LogP contribution in [0.1, 0.15) is 5.56 Å². The topological polar surface area (TPSA) is 61.4 Å². The van der Waals surface area contributed by atoms with E-state index in [9.17, 15) is 9.59 Å². The number of carbonyl (C=O) groups is 2. The lowest BCUT2D eigenvalue weighted by Crippen LogP contribution is -2.51. The minimum atomic E-state index is 0.0821. The molecule has 0 unspecified atom stereocenters. The van der Waals surface area contributed by atoms with E-state index < -0.39 is 0 Å². The molecule has 1 fully saturated rings. The lowest BCUT2D eigenvalue weighted by Gasteiger charge is -2.26. The molecule has 1 saturated heterocycles. The molecule has 0 saturated carbocycles. The van der Waals surface area contributed by atoms with Crippen LogP contribution in [0.15, 0.2) is 24.3 Å². The van der Waals surface area contributed by atoms with E-state index in [4.69, 9.17) is 0 Å². The third kappa shape index (κ3) is 2.33. The number of rotatable bonds is 4. The van der Waals surface area contributed by atoms with Gasteiger partial charge in [-0.3, -0.25) is 9.59 Å². The van der Waals surface area contributed by atoms with Crippen molar-refractivity contribution in [3.8, 4) is 0 Å². The Kier molecular flexibility index (Phi) is 3.21. The molecule has 2 amide bonds. The van der Waals surface area contributed by atoms with Gasteiger partial charge in [0, 0.05) is 31.9 Å². The Morgan fingerprint density at radius 1 is 1.37 bits per heavy atom. The van der Waals surface area contributed by atoms with Gasteiger partial charge in [-0.2, -0.15) is 0 Å². The first-order valence-electron chi connectivity index (χ1n) is 6.62. The van der Waals surface area contributed by atoms with Gasteiger partial charge in [0.15, 0.2) is 0 Å². The summed E-state index contributed by atoms with van der Waals surface area (Å²) in [5, 5.41) is 5.96. The zero-order valence-electron chi connectivity index (χ0n) is 10.7. The van der Waals surface area contributed by atoms with Gasteiger partial charge in [-0.15, -0.1) is 0 Å². The van der Waals surface area contributed by atoms with E-state index in [1.807, 2.05) is 24.3 Å². The van der Waals surface area contributed by atoms with Gasteiger partial charge in [-0.05, 0) is 11.6 Å². The number of benzene rings is 1. The van der Waals surface area contributed by atoms with Crippen LogP contribution in [0, 0.1) is 5.92 Å². The molecule has 0 spiro atoms. The largest absolute Gasteiger partial charge is 0.354 e. The molecule has 2 N–H and O–H groups in total. The highest BCUT2D eigenvalue weighted by Gasteiger charge is 2.27. The molecule has 0 aliphatic carbocycles. The summed E-state index contributed by atoms with van der Waals surface area (Å²) in [4.78, 5) is 25.3. The summed E-state index contributed by atoms with van der Waals surface area (Å²) in [5.74, 6) is 0.293. The molecular weight excluding hydrogens is 242 g/mol. The molecule has 2 aliphatic rings. The number of carbonyl (C=O) groups excluding carboxylic acids is 2. The first-order chi connectivity index (χ1) is 9.25. The first kappa shape index (κ1) is 12.2. The zero-order valence-corrected chi connectivity index (χ0v) is 10.7. The Bertz CT molecular complexity index is 511. The van der Waals surface area contributed by atoms with Gasteiger partial charge in [-0.25, -0.2) is 0 Å². The lowest BCUT2D eigenvalue weighted by atomic mass is 10.0. The van der Waals surface area contributed by atoms with E-state index in [-0.39, 0.29) is 17.7 Å². The molecule has 1 aromatic rings. The van der Waals surface area contributed by atoms with Crippen molar-refractivity contribution < 1.29 is 9.59 Å². The van der Waals surface area contributed by atoms with Crippen LogP contribution in [-0.2, 0) is 16.0 Å². The van der Waals surface area contributed by atoms with Gasteiger partial charge < -0.3 is 15.5 Å². The molecule has 19 heavy (non-hydrogen) atoms. The normalized spacial score (nSPS) is 18.1. The lowest BCUT2D eigenvalue weighted by molar-refractivity contribution is -0.126. The van der Waals surface area contributed by atoms with E-state index in [1.165, 1.54) is 0 Å². The quantitative estimate of drug-likeness (QED) is 0.794. The molecule has 100 valence electrons.